The number of rotatable bonds is 18. The largest absolute Gasteiger partial charge is 0.248 e. The van der Waals surface area contributed by atoms with Crippen molar-refractivity contribution in [2.75, 3.05) is 0 Å². The van der Waals surface area contributed by atoms with Crippen LogP contribution >= 0.6 is 34.4 Å². The maximum atomic E-state index is 5.48. The van der Waals surface area contributed by atoms with Crippen LogP contribution in [0.15, 0.2) is 72.8 Å². The molecule has 0 saturated heterocycles. The van der Waals surface area contributed by atoms with E-state index in [1.54, 1.807) is 0 Å². The minimum absolute atomic E-state index is 0.767. The molecule has 8 rings (SSSR count). The van der Waals surface area contributed by atoms with Gasteiger partial charge in [0.15, 0.2) is 0 Å². The smallest absolute Gasteiger partial charge is 0.116 e. The third-order valence-corrected chi connectivity index (χ3v) is 15.2. The summed E-state index contributed by atoms with van der Waals surface area (Å²) in [6.45, 7) is 9.28. The van der Waals surface area contributed by atoms with Gasteiger partial charge in [-0.25, -0.2) is 9.97 Å². The number of unbranched alkanes of at least 4 members (excludes halogenated alkanes) is 4. The van der Waals surface area contributed by atoms with Crippen molar-refractivity contribution in [1.29, 1.82) is 0 Å². The predicted molar refractivity (Wildman–Crippen MR) is 248 cm³/mol. The van der Waals surface area contributed by atoms with Gasteiger partial charge in [-0.05, 0) is 96.9 Å². The second kappa shape index (κ2) is 18.9. The van der Waals surface area contributed by atoms with Crippen LogP contribution in [0.5, 0.6) is 0 Å². The van der Waals surface area contributed by atoms with Crippen LogP contribution in [0.2, 0.25) is 0 Å². The van der Waals surface area contributed by atoms with Crippen LogP contribution in [-0.4, -0.2) is 18.7 Å². The summed E-state index contributed by atoms with van der Waals surface area (Å²) >= 11 is 4.97. The van der Waals surface area contributed by atoms with Gasteiger partial charge in [-0.1, -0.05) is 140 Å². The molecule has 0 amide bonds. The highest BCUT2D eigenvalue weighted by molar-refractivity contribution is 7.19. The zero-order valence-electron chi connectivity index (χ0n) is 34.4. The Morgan fingerprint density at radius 1 is 0.491 bits per heavy atom. The summed E-state index contributed by atoms with van der Waals surface area (Å²) in [5.41, 5.74) is 13.7. The fourth-order valence-corrected chi connectivity index (χ4v) is 11.5. The third-order valence-electron chi connectivity index (χ3n) is 12.4. The van der Waals surface area contributed by atoms with E-state index in [4.69, 9.17) is 18.7 Å². The number of thiophene rings is 2. The average Bonchev–Trinajstić information content (AvgIpc) is 4.05. The molecular weight excluding hydrogens is 753 g/mol. The van der Waals surface area contributed by atoms with E-state index in [2.05, 4.69) is 100 Å². The van der Waals surface area contributed by atoms with Crippen LogP contribution in [-0.2, 0) is 25.7 Å². The van der Waals surface area contributed by atoms with Crippen LogP contribution in [0.4, 0.5) is 0 Å². The highest BCUT2D eigenvalue weighted by Gasteiger charge is 2.26. The van der Waals surface area contributed by atoms with Gasteiger partial charge in [-0.3, -0.25) is 0 Å². The fraction of sp³-hybridized carbons (Fsp3) is 0.440. The molecule has 0 aliphatic heterocycles. The first-order valence-corrected chi connectivity index (χ1v) is 24.3. The molecule has 3 aromatic carbocycles. The Morgan fingerprint density at radius 2 is 0.912 bits per heavy atom. The lowest BCUT2D eigenvalue weighted by atomic mass is 9.91. The molecule has 4 heterocycles. The van der Waals surface area contributed by atoms with Crippen molar-refractivity contribution in [3.63, 3.8) is 0 Å². The first kappa shape index (κ1) is 40.0. The molecule has 2 unspecified atom stereocenters. The third kappa shape index (κ3) is 8.96. The molecule has 0 radical (unpaired) electrons. The van der Waals surface area contributed by atoms with Gasteiger partial charge in [0.05, 0.1) is 23.1 Å². The number of benzene rings is 3. The van der Waals surface area contributed by atoms with Gasteiger partial charge in [-0.2, -0.15) is 8.75 Å². The summed E-state index contributed by atoms with van der Waals surface area (Å²) < 4.78 is 10.0. The zero-order chi connectivity index (χ0) is 39.1. The van der Waals surface area contributed by atoms with Crippen molar-refractivity contribution >= 4 is 56.5 Å². The van der Waals surface area contributed by atoms with Crippen LogP contribution in [0, 0.1) is 11.8 Å². The van der Waals surface area contributed by atoms with E-state index in [9.17, 15) is 0 Å². The fourth-order valence-electron chi connectivity index (χ4n) is 8.85. The molecule has 1 aliphatic rings. The number of aryl methyl sites for hydroxylation is 2. The number of hydrogen-bond acceptors (Lipinski definition) is 7. The highest BCUT2D eigenvalue weighted by Crippen LogP contribution is 2.47. The van der Waals surface area contributed by atoms with Crippen LogP contribution in [0.3, 0.4) is 0 Å². The molecule has 0 spiro atoms. The van der Waals surface area contributed by atoms with Crippen molar-refractivity contribution in [2.45, 2.75) is 130 Å². The van der Waals surface area contributed by atoms with Gasteiger partial charge in [0.1, 0.15) is 22.1 Å². The van der Waals surface area contributed by atoms with Crippen LogP contribution in [0.25, 0.3) is 63.8 Å². The first-order chi connectivity index (χ1) is 28.1. The molecule has 57 heavy (non-hydrogen) atoms. The van der Waals surface area contributed by atoms with Gasteiger partial charge in [0.25, 0.3) is 0 Å². The minimum Gasteiger partial charge on any atom is -0.248 e. The van der Waals surface area contributed by atoms with Gasteiger partial charge in [-0.15, -0.1) is 22.7 Å². The normalized spacial score (nSPS) is 14.0. The van der Waals surface area contributed by atoms with E-state index in [1.807, 2.05) is 22.7 Å². The van der Waals surface area contributed by atoms with E-state index < -0.39 is 0 Å². The van der Waals surface area contributed by atoms with Gasteiger partial charge in [0.2, 0.25) is 0 Å². The van der Waals surface area contributed by atoms with E-state index in [0.29, 0.717) is 0 Å². The second-order valence-electron chi connectivity index (χ2n) is 16.4. The standard InChI is InChI=1S/C50H58N4S3/c1-5-9-11-15-33(7-3)31-35-19-23-37(24-20-35)41-27-29-43(55-41)45-47-48(52-40-18-14-13-17-39(40)51-47)46(50-49(45)53-57-54-50)44-30-28-42(56-44)38-25-21-36(22-26-38)32-34(8-4)16-12-10-6-2/h19-30,33-34H,5-18,31-32H2,1-4H3. The molecule has 0 N–H and O–H groups in total. The quantitative estimate of drug-likeness (QED) is 0.0810. The second-order valence-corrected chi connectivity index (χ2v) is 19.1. The summed E-state index contributed by atoms with van der Waals surface area (Å²) in [6.07, 6.45) is 19.7. The topological polar surface area (TPSA) is 51.6 Å². The Bertz CT molecular complexity index is 2220. The van der Waals surface area contributed by atoms with Crippen molar-refractivity contribution in [2.24, 2.45) is 11.8 Å². The summed E-state index contributed by atoms with van der Waals surface area (Å²) in [5.74, 6) is 1.53. The predicted octanol–water partition coefficient (Wildman–Crippen LogP) is 15.6. The number of fused-ring (bicyclic) bond motifs is 3. The number of nitrogens with zero attached hydrogens (tertiary/aromatic N) is 4. The van der Waals surface area contributed by atoms with Gasteiger partial charge >= 0.3 is 0 Å². The monoisotopic (exact) mass is 810 g/mol. The summed E-state index contributed by atoms with van der Waals surface area (Å²) in [4.78, 5) is 15.8. The lowest BCUT2D eigenvalue weighted by Crippen LogP contribution is -2.09. The SMILES string of the molecule is CCCCCC(CC)Cc1ccc(-c2ccc(-c3c4nsnc4c(-c4ccc(-c5ccc(CC(CC)CCCCC)cc5)s4)c4nc5c(nc34)CCCC5)s2)cc1. The maximum Gasteiger partial charge on any atom is 0.116 e. The zero-order valence-corrected chi connectivity index (χ0v) is 36.9. The summed E-state index contributed by atoms with van der Waals surface area (Å²) in [7, 11) is 0. The number of hydrogen-bond donors (Lipinski definition) is 0. The van der Waals surface area contributed by atoms with E-state index >= 15 is 0 Å². The van der Waals surface area contributed by atoms with E-state index in [1.165, 1.54) is 131 Å². The molecule has 0 saturated carbocycles. The van der Waals surface area contributed by atoms with Crippen molar-refractivity contribution in [3.8, 4) is 41.8 Å². The van der Waals surface area contributed by atoms with E-state index in [-0.39, 0.29) is 0 Å². The molecular formula is C50H58N4S3. The Kier molecular flexibility index (Phi) is 13.2. The Hall–Kier alpha value is -3.78. The molecule has 4 nitrogen and oxygen atoms in total. The lowest BCUT2D eigenvalue weighted by molar-refractivity contribution is 0.442. The molecule has 7 aromatic rings. The Balaban J connectivity index is 1.12. The first-order valence-electron chi connectivity index (χ1n) is 21.9. The Labute approximate surface area is 352 Å². The van der Waals surface area contributed by atoms with Crippen molar-refractivity contribution < 1.29 is 0 Å². The molecule has 7 heteroatoms. The molecule has 0 fully saturated rings. The molecule has 296 valence electrons. The maximum absolute atomic E-state index is 5.48. The van der Waals surface area contributed by atoms with Gasteiger partial charge < -0.3 is 0 Å². The molecule has 2 atom stereocenters. The van der Waals surface area contributed by atoms with Crippen LogP contribution in [0.1, 0.15) is 127 Å². The molecule has 1 aliphatic carbocycles. The van der Waals surface area contributed by atoms with E-state index in [0.717, 1.165) is 82.1 Å². The van der Waals surface area contributed by atoms with Crippen molar-refractivity contribution in [3.05, 3.63) is 95.3 Å². The van der Waals surface area contributed by atoms with Crippen LogP contribution < -0.4 is 0 Å². The highest BCUT2D eigenvalue weighted by atomic mass is 32.1. The number of aromatic nitrogens is 4. The molecule has 4 aromatic heterocycles. The van der Waals surface area contributed by atoms with Crippen molar-refractivity contribution in [1.82, 2.24) is 18.7 Å². The van der Waals surface area contributed by atoms with Gasteiger partial charge in [0, 0.05) is 30.6 Å². The Morgan fingerprint density at radius 3 is 1.32 bits per heavy atom. The lowest BCUT2D eigenvalue weighted by Gasteiger charge is -2.17. The molecule has 0 bridgehead atoms. The summed E-state index contributed by atoms with van der Waals surface area (Å²) in [6, 6.07) is 27.8. The average molecular weight is 811 g/mol. The minimum atomic E-state index is 0.767. The summed E-state index contributed by atoms with van der Waals surface area (Å²) in [5, 5.41) is 0.